The van der Waals surface area contributed by atoms with Gasteiger partial charge in [0.25, 0.3) is 5.91 Å². The Morgan fingerprint density at radius 3 is 2.14 bits per heavy atom. The van der Waals surface area contributed by atoms with Crippen molar-refractivity contribution in [3.8, 4) is 5.75 Å². The van der Waals surface area contributed by atoms with Gasteiger partial charge in [-0.25, -0.2) is 0 Å². The fourth-order valence-electron chi connectivity index (χ4n) is 3.62. The van der Waals surface area contributed by atoms with Gasteiger partial charge in [-0.15, -0.1) is 0 Å². The fourth-order valence-corrected chi connectivity index (χ4v) is 4.40. The van der Waals surface area contributed by atoms with E-state index in [1.807, 2.05) is 63.2 Å². The highest BCUT2D eigenvalue weighted by Gasteiger charge is 2.33. The molecule has 3 rings (SSSR count). The zero-order chi connectivity index (χ0) is 26.3. The summed E-state index contributed by atoms with van der Waals surface area (Å²) in [7, 11) is 0. The highest BCUT2D eigenvalue weighted by atomic mass is 79.9. The minimum absolute atomic E-state index is 0.0517. The zero-order valence-electron chi connectivity index (χ0n) is 20.4. The maximum Gasteiger partial charge on any atom is 0.261 e. The number of carbonyl (C=O) groups is 2. The molecular weight excluding hydrogens is 563 g/mol. The summed E-state index contributed by atoms with van der Waals surface area (Å²) in [4.78, 5) is 28.7. The largest absolute Gasteiger partial charge is 0.484 e. The number of halogens is 3. The Morgan fingerprint density at radius 1 is 0.944 bits per heavy atom. The zero-order valence-corrected chi connectivity index (χ0v) is 23.5. The van der Waals surface area contributed by atoms with Gasteiger partial charge < -0.3 is 15.0 Å². The van der Waals surface area contributed by atoms with Crippen LogP contribution in [0.15, 0.2) is 77.3 Å². The van der Waals surface area contributed by atoms with Crippen LogP contribution in [0.5, 0.6) is 5.75 Å². The molecule has 0 fully saturated rings. The molecule has 190 valence electrons. The van der Waals surface area contributed by atoms with E-state index in [-0.39, 0.29) is 25.0 Å². The summed E-state index contributed by atoms with van der Waals surface area (Å²) in [5.41, 5.74) is 0.999. The molecule has 5 nitrogen and oxygen atoms in total. The first-order chi connectivity index (χ1) is 17.0. The highest BCUT2D eigenvalue weighted by molar-refractivity contribution is 9.10. The lowest BCUT2D eigenvalue weighted by Gasteiger charge is -2.34. The van der Waals surface area contributed by atoms with Crippen LogP contribution in [-0.2, 0) is 22.6 Å². The van der Waals surface area contributed by atoms with Crippen LogP contribution in [0, 0.1) is 0 Å². The fraction of sp³-hybridized carbons (Fsp3) is 0.286. The van der Waals surface area contributed by atoms with Crippen molar-refractivity contribution in [1.82, 2.24) is 10.2 Å². The SMILES string of the molecule is CC(C)(C)NC(=O)[C@H](Cc1ccccc1)N(Cc1c(Cl)cccc1Cl)C(=O)COc1ccc(Br)cc1. The molecule has 1 atom stereocenters. The predicted molar refractivity (Wildman–Crippen MR) is 148 cm³/mol. The third-order valence-electron chi connectivity index (χ3n) is 5.34. The first kappa shape index (κ1) is 28.0. The molecule has 3 aromatic carbocycles. The van der Waals surface area contributed by atoms with Crippen molar-refractivity contribution in [2.75, 3.05) is 6.61 Å². The van der Waals surface area contributed by atoms with Gasteiger partial charge in [0, 0.05) is 38.6 Å². The van der Waals surface area contributed by atoms with Gasteiger partial charge in [-0.05, 0) is 62.7 Å². The van der Waals surface area contributed by atoms with Crippen molar-refractivity contribution in [2.45, 2.75) is 45.3 Å². The quantitative estimate of drug-likeness (QED) is 0.302. The van der Waals surface area contributed by atoms with Crippen molar-refractivity contribution in [1.29, 1.82) is 0 Å². The second-order valence-electron chi connectivity index (χ2n) is 9.41. The first-order valence-electron chi connectivity index (χ1n) is 11.5. The summed E-state index contributed by atoms with van der Waals surface area (Å²) in [6.45, 7) is 5.50. The van der Waals surface area contributed by atoms with Crippen molar-refractivity contribution in [3.05, 3.63) is 98.4 Å². The molecule has 3 aromatic rings. The van der Waals surface area contributed by atoms with Gasteiger partial charge in [0.05, 0.1) is 0 Å². The normalized spacial score (nSPS) is 12.1. The summed E-state index contributed by atoms with van der Waals surface area (Å²) in [5, 5.41) is 3.87. The molecule has 0 saturated heterocycles. The minimum Gasteiger partial charge on any atom is -0.484 e. The van der Waals surface area contributed by atoms with Crippen LogP contribution in [0.2, 0.25) is 10.0 Å². The number of nitrogens with zero attached hydrogens (tertiary/aromatic N) is 1. The molecule has 0 heterocycles. The molecule has 2 amide bonds. The molecule has 1 N–H and O–H groups in total. The van der Waals surface area contributed by atoms with E-state index >= 15 is 0 Å². The summed E-state index contributed by atoms with van der Waals surface area (Å²) in [6.07, 6.45) is 0.314. The van der Waals surface area contributed by atoms with Crippen LogP contribution in [0.4, 0.5) is 0 Å². The van der Waals surface area contributed by atoms with Crippen LogP contribution in [0.1, 0.15) is 31.9 Å². The van der Waals surface area contributed by atoms with Crippen LogP contribution >= 0.6 is 39.1 Å². The van der Waals surface area contributed by atoms with E-state index in [0.29, 0.717) is 27.8 Å². The average molecular weight is 592 g/mol. The number of hydrogen-bond acceptors (Lipinski definition) is 3. The average Bonchev–Trinajstić information content (AvgIpc) is 2.82. The summed E-state index contributed by atoms with van der Waals surface area (Å²) >= 11 is 16.3. The van der Waals surface area contributed by atoms with E-state index < -0.39 is 11.6 Å². The predicted octanol–water partition coefficient (Wildman–Crippen LogP) is 6.69. The summed E-state index contributed by atoms with van der Waals surface area (Å²) in [6, 6.07) is 21.1. The molecule has 36 heavy (non-hydrogen) atoms. The Hall–Kier alpha value is -2.54. The Bertz CT molecular complexity index is 1160. The maximum atomic E-state index is 13.6. The lowest BCUT2D eigenvalue weighted by atomic mass is 10.0. The smallest absolute Gasteiger partial charge is 0.261 e. The Morgan fingerprint density at radius 2 is 1.56 bits per heavy atom. The molecular formula is C28H29BrCl2N2O3. The third kappa shape index (κ3) is 8.26. The highest BCUT2D eigenvalue weighted by Crippen LogP contribution is 2.27. The van der Waals surface area contributed by atoms with Crippen molar-refractivity contribution in [2.24, 2.45) is 0 Å². The number of nitrogens with one attached hydrogen (secondary N) is 1. The van der Waals surface area contributed by atoms with E-state index in [4.69, 9.17) is 27.9 Å². The number of hydrogen-bond donors (Lipinski definition) is 1. The Kier molecular flexibility index (Phi) is 9.83. The van der Waals surface area contributed by atoms with Crippen LogP contribution < -0.4 is 10.1 Å². The second-order valence-corrected chi connectivity index (χ2v) is 11.1. The van der Waals surface area contributed by atoms with E-state index in [9.17, 15) is 9.59 Å². The third-order valence-corrected chi connectivity index (χ3v) is 6.57. The van der Waals surface area contributed by atoms with Gasteiger partial charge in [0.1, 0.15) is 11.8 Å². The molecule has 0 radical (unpaired) electrons. The molecule has 0 aromatic heterocycles. The number of carbonyl (C=O) groups excluding carboxylic acids is 2. The molecule has 0 aliphatic carbocycles. The van der Waals surface area contributed by atoms with Crippen LogP contribution in [0.25, 0.3) is 0 Å². The van der Waals surface area contributed by atoms with E-state index in [1.54, 1.807) is 30.3 Å². The van der Waals surface area contributed by atoms with Gasteiger partial charge in [-0.2, -0.15) is 0 Å². The molecule has 0 aliphatic rings. The molecule has 0 spiro atoms. The Balaban J connectivity index is 1.97. The second kappa shape index (κ2) is 12.6. The van der Waals surface area contributed by atoms with E-state index in [1.165, 1.54) is 4.90 Å². The molecule has 0 saturated carbocycles. The van der Waals surface area contributed by atoms with Gasteiger partial charge in [-0.3, -0.25) is 9.59 Å². The summed E-state index contributed by atoms with van der Waals surface area (Å²) < 4.78 is 6.67. The first-order valence-corrected chi connectivity index (χ1v) is 13.0. The van der Waals surface area contributed by atoms with Crippen LogP contribution in [-0.4, -0.2) is 34.9 Å². The molecule has 8 heteroatoms. The summed E-state index contributed by atoms with van der Waals surface area (Å²) in [5.74, 6) is -0.0913. The molecule has 0 aliphatic heterocycles. The standard InChI is InChI=1S/C28H29BrCl2N2O3/c1-28(2,3)32-27(35)25(16-19-8-5-4-6-9-19)33(17-22-23(30)10-7-11-24(22)31)26(34)18-36-21-14-12-20(29)13-15-21/h4-15,25H,16-18H2,1-3H3,(H,32,35)/t25-/m0/s1. The lowest BCUT2D eigenvalue weighted by molar-refractivity contribution is -0.143. The lowest BCUT2D eigenvalue weighted by Crippen LogP contribution is -2.55. The maximum absolute atomic E-state index is 13.6. The van der Waals surface area contributed by atoms with E-state index in [0.717, 1.165) is 10.0 Å². The monoisotopic (exact) mass is 590 g/mol. The number of benzene rings is 3. The van der Waals surface area contributed by atoms with Crippen molar-refractivity contribution < 1.29 is 14.3 Å². The van der Waals surface area contributed by atoms with Crippen molar-refractivity contribution in [3.63, 3.8) is 0 Å². The van der Waals surface area contributed by atoms with Crippen LogP contribution in [0.3, 0.4) is 0 Å². The topological polar surface area (TPSA) is 58.6 Å². The number of ether oxygens (including phenoxy) is 1. The van der Waals surface area contributed by atoms with Gasteiger partial charge in [0.15, 0.2) is 6.61 Å². The van der Waals surface area contributed by atoms with Gasteiger partial charge in [-0.1, -0.05) is 75.5 Å². The Labute approximate surface area is 230 Å². The molecule has 0 unspecified atom stereocenters. The minimum atomic E-state index is -0.819. The van der Waals surface area contributed by atoms with Crippen molar-refractivity contribution >= 4 is 50.9 Å². The number of rotatable bonds is 9. The number of amides is 2. The van der Waals surface area contributed by atoms with Gasteiger partial charge >= 0.3 is 0 Å². The van der Waals surface area contributed by atoms with E-state index in [2.05, 4.69) is 21.2 Å². The molecule has 0 bridgehead atoms. The van der Waals surface area contributed by atoms with Gasteiger partial charge in [0.2, 0.25) is 5.91 Å².